The van der Waals surface area contributed by atoms with Crippen LogP contribution in [0.2, 0.25) is 0 Å². The van der Waals surface area contributed by atoms with Crippen LogP contribution in [0.15, 0.2) is 42.6 Å². The van der Waals surface area contributed by atoms with Gasteiger partial charge < -0.3 is 4.74 Å². The van der Waals surface area contributed by atoms with Crippen molar-refractivity contribution in [2.45, 2.75) is 0 Å². The number of nitrogens with zero attached hydrogens (tertiary/aromatic N) is 3. The maximum atomic E-state index is 13.4. The zero-order valence-corrected chi connectivity index (χ0v) is 10.8. The smallest absolute Gasteiger partial charge is 0.300 e. The van der Waals surface area contributed by atoms with Gasteiger partial charge in [0.25, 0.3) is 5.19 Å². The number of benzene rings is 1. The fourth-order valence-electron chi connectivity index (χ4n) is 1.49. The molecule has 0 aliphatic heterocycles. The molecule has 2 aromatic heterocycles. The molecule has 0 aliphatic rings. The minimum Gasteiger partial charge on any atom is -0.427 e. The molecule has 3 rings (SSSR count). The molecule has 100 valence electrons. The second-order valence-corrected chi connectivity index (χ2v) is 4.70. The van der Waals surface area contributed by atoms with Crippen molar-refractivity contribution in [2.75, 3.05) is 0 Å². The van der Waals surface area contributed by atoms with Crippen molar-refractivity contribution in [3.05, 3.63) is 54.2 Å². The van der Waals surface area contributed by atoms with E-state index in [2.05, 4.69) is 15.2 Å². The summed E-state index contributed by atoms with van der Waals surface area (Å²) in [6, 6.07) is 8.33. The first kappa shape index (κ1) is 12.6. The molecule has 0 radical (unpaired) electrons. The van der Waals surface area contributed by atoms with Crippen LogP contribution in [-0.2, 0) is 0 Å². The van der Waals surface area contributed by atoms with Crippen molar-refractivity contribution in [1.82, 2.24) is 15.2 Å². The molecule has 3 aromatic rings. The first-order valence-corrected chi connectivity index (χ1v) is 6.42. The number of halogens is 2. The largest absolute Gasteiger partial charge is 0.427 e. The van der Waals surface area contributed by atoms with Gasteiger partial charge in [0, 0.05) is 12.3 Å². The van der Waals surface area contributed by atoms with Crippen LogP contribution < -0.4 is 4.74 Å². The third-order valence-electron chi connectivity index (χ3n) is 2.38. The van der Waals surface area contributed by atoms with Gasteiger partial charge in [0.2, 0.25) is 0 Å². The van der Waals surface area contributed by atoms with E-state index in [1.165, 1.54) is 0 Å². The van der Waals surface area contributed by atoms with Crippen LogP contribution in [0.4, 0.5) is 8.78 Å². The molecule has 0 spiro atoms. The highest BCUT2D eigenvalue weighted by molar-refractivity contribution is 7.16. The summed E-state index contributed by atoms with van der Waals surface area (Å²) in [4.78, 5) is 4.12. The molecule has 4 nitrogen and oxygen atoms in total. The first-order chi connectivity index (χ1) is 9.72. The molecule has 0 bridgehead atoms. The predicted molar refractivity (Wildman–Crippen MR) is 69.6 cm³/mol. The average molecular weight is 291 g/mol. The van der Waals surface area contributed by atoms with E-state index in [4.69, 9.17) is 4.74 Å². The van der Waals surface area contributed by atoms with Crippen LogP contribution in [0.5, 0.6) is 10.9 Å². The lowest BCUT2D eigenvalue weighted by atomic mass is 10.3. The molecule has 0 unspecified atom stereocenters. The van der Waals surface area contributed by atoms with E-state index in [-0.39, 0.29) is 10.9 Å². The monoisotopic (exact) mass is 291 g/mol. The molecule has 2 heterocycles. The van der Waals surface area contributed by atoms with Crippen molar-refractivity contribution < 1.29 is 13.5 Å². The molecule has 0 aliphatic carbocycles. The Morgan fingerprint density at radius 1 is 1.05 bits per heavy atom. The molecular weight excluding hydrogens is 284 g/mol. The lowest BCUT2D eigenvalue weighted by Gasteiger charge is -2.01. The Bertz CT molecular complexity index is 733. The van der Waals surface area contributed by atoms with Crippen LogP contribution in [0.25, 0.3) is 10.7 Å². The maximum Gasteiger partial charge on any atom is 0.300 e. The van der Waals surface area contributed by atoms with Crippen molar-refractivity contribution >= 4 is 11.3 Å². The molecule has 1 aromatic carbocycles. The van der Waals surface area contributed by atoms with Crippen LogP contribution in [0.3, 0.4) is 0 Å². The first-order valence-electron chi connectivity index (χ1n) is 5.60. The second kappa shape index (κ2) is 5.30. The van der Waals surface area contributed by atoms with E-state index in [9.17, 15) is 8.78 Å². The Labute approximate surface area is 116 Å². The highest BCUT2D eigenvalue weighted by Crippen LogP contribution is 2.31. The van der Waals surface area contributed by atoms with Crippen LogP contribution >= 0.6 is 11.3 Å². The number of ether oxygens (including phenoxy) is 1. The minimum absolute atomic E-state index is 0.121. The van der Waals surface area contributed by atoms with Crippen LogP contribution in [0, 0.1) is 11.6 Å². The predicted octanol–water partition coefficient (Wildman–Crippen LogP) is 3.67. The molecule has 0 saturated heterocycles. The summed E-state index contributed by atoms with van der Waals surface area (Å²) in [6.07, 6.45) is 1.63. The third-order valence-corrected chi connectivity index (χ3v) is 3.20. The van der Waals surface area contributed by atoms with Gasteiger partial charge in [-0.05, 0) is 24.3 Å². The normalized spacial score (nSPS) is 10.5. The van der Waals surface area contributed by atoms with E-state index >= 15 is 0 Å². The average Bonchev–Trinajstić information content (AvgIpc) is 2.92. The van der Waals surface area contributed by atoms with Gasteiger partial charge in [0.1, 0.15) is 11.5 Å². The highest BCUT2D eigenvalue weighted by Gasteiger charge is 2.12. The van der Waals surface area contributed by atoms with E-state index in [0.717, 1.165) is 29.5 Å². The number of rotatable bonds is 3. The Balaban J connectivity index is 1.86. The Hall–Kier alpha value is -2.41. The Kier molecular flexibility index (Phi) is 3.34. The number of hydrogen-bond acceptors (Lipinski definition) is 5. The van der Waals surface area contributed by atoms with Gasteiger partial charge in [0.05, 0.1) is 0 Å². The van der Waals surface area contributed by atoms with Gasteiger partial charge in [-0.2, -0.15) is 0 Å². The lowest BCUT2D eigenvalue weighted by molar-refractivity contribution is 0.430. The molecule has 0 N–H and O–H groups in total. The zero-order valence-electron chi connectivity index (χ0n) is 9.96. The number of pyridine rings is 1. The summed E-state index contributed by atoms with van der Waals surface area (Å²) in [7, 11) is 0. The van der Waals surface area contributed by atoms with Gasteiger partial charge in [0.15, 0.2) is 16.6 Å². The van der Waals surface area contributed by atoms with Crippen molar-refractivity contribution in [3.63, 3.8) is 0 Å². The molecule has 7 heteroatoms. The van der Waals surface area contributed by atoms with Gasteiger partial charge in [-0.15, -0.1) is 5.10 Å². The highest BCUT2D eigenvalue weighted by atomic mass is 32.1. The van der Waals surface area contributed by atoms with E-state index < -0.39 is 11.6 Å². The van der Waals surface area contributed by atoms with Crippen molar-refractivity contribution in [1.29, 1.82) is 0 Å². The van der Waals surface area contributed by atoms with Crippen molar-refractivity contribution in [3.8, 4) is 21.6 Å². The maximum absolute atomic E-state index is 13.4. The van der Waals surface area contributed by atoms with Crippen molar-refractivity contribution in [2.24, 2.45) is 0 Å². The summed E-state index contributed by atoms with van der Waals surface area (Å²) in [5.74, 6) is -1.48. The third kappa shape index (κ3) is 2.62. The molecule has 0 amide bonds. The molecule has 0 fully saturated rings. The summed E-state index contributed by atoms with van der Waals surface area (Å²) in [5, 5.41) is 8.34. The summed E-state index contributed by atoms with van der Waals surface area (Å²) in [6.45, 7) is 0. The number of aromatic nitrogens is 3. The second-order valence-electron chi connectivity index (χ2n) is 3.76. The van der Waals surface area contributed by atoms with Gasteiger partial charge in [-0.25, -0.2) is 8.78 Å². The Morgan fingerprint density at radius 3 is 2.75 bits per heavy atom. The topological polar surface area (TPSA) is 47.9 Å². The lowest BCUT2D eigenvalue weighted by Crippen LogP contribution is -1.89. The van der Waals surface area contributed by atoms with Gasteiger partial charge in [-0.3, -0.25) is 4.98 Å². The van der Waals surface area contributed by atoms with Gasteiger partial charge >= 0.3 is 0 Å². The summed E-state index contributed by atoms with van der Waals surface area (Å²) >= 11 is 1.10. The minimum atomic E-state index is -0.666. The molecule has 0 atom stereocenters. The summed E-state index contributed by atoms with van der Waals surface area (Å²) < 4.78 is 31.7. The summed E-state index contributed by atoms with van der Waals surface area (Å²) in [5.41, 5.74) is 0.638. The molecule has 0 saturated carbocycles. The molecule has 20 heavy (non-hydrogen) atoms. The quantitative estimate of drug-likeness (QED) is 0.738. The van der Waals surface area contributed by atoms with Gasteiger partial charge in [-0.1, -0.05) is 22.5 Å². The standard InChI is InChI=1S/C13H7F2N3OS/c14-8-4-5-9(15)11(7-8)19-13-18-17-12(20-13)10-3-1-2-6-16-10/h1-7H. The fraction of sp³-hybridized carbons (Fsp3) is 0. The van der Waals surface area contributed by atoms with E-state index in [1.807, 2.05) is 6.07 Å². The van der Waals surface area contributed by atoms with E-state index in [1.54, 1.807) is 18.3 Å². The number of hydrogen-bond donors (Lipinski definition) is 0. The fourth-order valence-corrected chi connectivity index (χ4v) is 2.18. The van der Waals surface area contributed by atoms with Crippen LogP contribution in [-0.4, -0.2) is 15.2 Å². The van der Waals surface area contributed by atoms with Crippen LogP contribution in [0.1, 0.15) is 0 Å². The Morgan fingerprint density at radius 2 is 1.95 bits per heavy atom. The zero-order chi connectivity index (χ0) is 13.9. The SMILES string of the molecule is Fc1ccc(F)c(Oc2nnc(-c3ccccn3)s2)c1. The van der Waals surface area contributed by atoms with E-state index in [0.29, 0.717) is 10.7 Å². The molecular formula is C13H7F2N3OS.